The highest BCUT2D eigenvalue weighted by Gasteiger charge is 2.11. The van der Waals surface area contributed by atoms with Gasteiger partial charge in [0.2, 0.25) is 11.8 Å². The molecule has 0 saturated heterocycles. The van der Waals surface area contributed by atoms with Gasteiger partial charge in [-0.25, -0.2) is 0 Å². The Morgan fingerprint density at radius 3 is 2.47 bits per heavy atom. The van der Waals surface area contributed by atoms with E-state index in [9.17, 15) is 9.59 Å². The first-order chi connectivity index (χ1) is 9.02. The van der Waals surface area contributed by atoms with Crippen LogP contribution >= 0.6 is 15.9 Å². The van der Waals surface area contributed by atoms with Gasteiger partial charge in [-0.2, -0.15) is 0 Å². The minimum Gasteiger partial charge on any atom is -0.355 e. The summed E-state index contributed by atoms with van der Waals surface area (Å²) in [7, 11) is 0. The molecule has 0 spiro atoms. The van der Waals surface area contributed by atoms with E-state index in [0.717, 1.165) is 17.7 Å². The van der Waals surface area contributed by atoms with E-state index in [1.807, 2.05) is 38.1 Å². The Morgan fingerprint density at radius 2 is 1.89 bits per heavy atom. The van der Waals surface area contributed by atoms with Crippen molar-refractivity contribution in [2.24, 2.45) is 0 Å². The maximum absolute atomic E-state index is 11.6. The van der Waals surface area contributed by atoms with Gasteiger partial charge in [0.25, 0.3) is 0 Å². The number of halogens is 1. The molecule has 0 bridgehead atoms. The zero-order valence-electron chi connectivity index (χ0n) is 11.2. The van der Waals surface area contributed by atoms with Gasteiger partial charge in [-0.1, -0.05) is 40.5 Å². The molecule has 0 aliphatic rings. The molecule has 0 aliphatic carbocycles. The molecule has 1 aromatic rings. The van der Waals surface area contributed by atoms with E-state index < -0.39 is 0 Å². The van der Waals surface area contributed by atoms with Crippen molar-refractivity contribution in [3.05, 3.63) is 29.8 Å². The van der Waals surface area contributed by atoms with Crippen molar-refractivity contribution in [2.45, 2.75) is 31.5 Å². The monoisotopic (exact) mass is 326 g/mol. The number of benzene rings is 1. The van der Waals surface area contributed by atoms with Gasteiger partial charge in [0.05, 0.1) is 4.83 Å². The topological polar surface area (TPSA) is 58.2 Å². The number of carbonyl (C=O) groups excluding carboxylic acids is 2. The smallest absolute Gasteiger partial charge is 0.233 e. The van der Waals surface area contributed by atoms with Crippen molar-refractivity contribution >= 4 is 33.4 Å². The number of aryl methyl sites for hydroxylation is 1. The van der Waals surface area contributed by atoms with Crippen molar-refractivity contribution in [2.75, 3.05) is 11.9 Å². The van der Waals surface area contributed by atoms with Gasteiger partial charge in [-0.15, -0.1) is 0 Å². The quantitative estimate of drug-likeness (QED) is 0.789. The molecule has 4 nitrogen and oxygen atoms in total. The molecule has 2 amide bonds. The third kappa shape index (κ3) is 5.87. The van der Waals surface area contributed by atoms with Gasteiger partial charge in [-0.3, -0.25) is 9.59 Å². The lowest BCUT2D eigenvalue weighted by Crippen LogP contribution is -2.33. The molecule has 0 aromatic heterocycles. The van der Waals surface area contributed by atoms with Crippen LogP contribution < -0.4 is 10.6 Å². The van der Waals surface area contributed by atoms with Crippen molar-refractivity contribution in [3.63, 3.8) is 0 Å². The first-order valence-corrected chi connectivity index (χ1v) is 7.22. The van der Waals surface area contributed by atoms with E-state index in [1.165, 1.54) is 0 Å². The Labute approximate surface area is 122 Å². The van der Waals surface area contributed by atoms with Crippen LogP contribution in [-0.2, 0) is 9.59 Å². The third-order valence-corrected chi connectivity index (χ3v) is 3.69. The van der Waals surface area contributed by atoms with Gasteiger partial charge < -0.3 is 10.6 Å². The van der Waals surface area contributed by atoms with Gasteiger partial charge >= 0.3 is 0 Å². The van der Waals surface area contributed by atoms with E-state index in [-0.39, 0.29) is 23.1 Å². The Hall–Kier alpha value is -1.36. The van der Waals surface area contributed by atoms with Gasteiger partial charge in [-0.05, 0) is 25.5 Å². The average Bonchev–Trinajstić information content (AvgIpc) is 2.40. The molecule has 5 heteroatoms. The van der Waals surface area contributed by atoms with Gasteiger partial charge in [0.15, 0.2) is 0 Å². The highest BCUT2D eigenvalue weighted by molar-refractivity contribution is 9.10. The average molecular weight is 327 g/mol. The molecule has 0 fully saturated rings. The van der Waals surface area contributed by atoms with Crippen LogP contribution in [0.1, 0.15) is 25.3 Å². The summed E-state index contributed by atoms with van der Waals surface area (Å²) in [5.41, 5.74) is 1.92. The van der Waals surface area contributed by atoms with Gasteiger partial charge in [0, 0.05) is 18.7 Å². The van der Waals surface area contributed by atoms with E-state index in [2.05, 4.69) is 26.6 Å². The second-order valence-corrected chi connectivity index (χ2v) is 5.44. The molecule has 1 aromatic carbocycles. The maximum atomic E-state index is 11.6. The van der Waals surface area contributed by atoms with Crippen LogP contribution in [0.25, 0.3) is 0 Å². The SMILES string of the molecule is CC[C@H](Br)C(=O)NCCC(=O)Nc1ccc(C)cc1. The number of amides is 2. The van der Waals surface area contributed by atoms with Crippen molar-refractivity contribution in [1.82, 2.24) is 5.32 Å². The Kier molecular flexibility index (Phi) is 6.56. The van der Waals surface area contributed by atoms with Crippen molar-refractivity contribution in [3.8, 4) is 0 Å². The molecule has 0 saturated carbocycles. The third-order valence-electron chi connectivity index (χ3n) is 2.63. The molecule has 1 rings (SSSR count). The first kappa shape index (κ1) is 15.7. The lowest BCUT2D eigenvalue weighted by molar-refractivity contribution is -0.120. The standard InChI is InChI=1S/C14H19BrN2O2/c1-3-12(15)14(19)16-9-8-13(18)17-11-6-4-10(2)5-7-11/h4-7,12H,3,8-9H2,1-2H3,(H,16,19)(H,17,18)/t12-/m0/s1. The molecule has 2 N–H and O–H groups in total. The highest BCUT2D eigenvalue weighted by Crippen LogP contribution is 2.08. The summed E-state index contributed by atoms with van der Waals surface area (Å²) in [6, 6.07) is 7.59. The summed E-state index contributed by atoms with van der Waals surface area (Å²) >= 11 is 3.26. The number of anilines is 1. The lowest BCUT2D eigenvalue weighted by Gasteiger charge is -2.09. The Balaban J connectivity index is 2.28. The molecule has 104 valence electrons. The lowest BCUT2D eigenvalue weighted by atomic mass is 10.2. The number of nitrogens with one attached hydrogen (secondary N) is 2. The van der Waals surface area contributed by atoms with Crippen LogP contribution in [0.15, 0.2) is 24.3 Å². The summed E-state index contributed by atoms with van der Waals surface area (Å²) in [5, 5.41) is 5.50. The number of hydrogen-bond donors (Lipinski definition) is 2. The predicted molar refractivity (Wildman–Crippen MR) is 80.4 cm³/mol. The highest BCUT2D eigenvalue weighted by atomic mass is 79.9. The zero-order chi connectivity index (χ0) is 14.3. The second kappa shape index (κ2) is 7.94. The first-order valence-electron chi connectivity index (χ1n) is 6.31. The van der Waals surface area contributed by atoms with E-state index in [4.69, 9.17) is 0 Å². The minimum absolute atomic E-state index is 0.0781. The number of carbonyl (C=O) groups is 2. The fourth-order valence-electron chi connectivity index (χ4n) is 1.46. The summed E-state index contributed by atoms with van der Waals surface area (Å²) in [6.45, 7) is 4.26. The molecular formula is C14H19BrN2O2. The van der Waals surface area contributed by atoms with Crippen LogP contribution in [0.5, 0.6) is 0 Å². The molecule has 0 radical (unpaired) electrons. The van der Waals surface area contributed by atoms with E-state index in [1.54, 1.807) is 0 Å². The van der Waals surface area contributed by atoms with Gasteiger partial charge in [0.1, 0.15) is 0 Å². The Bertz CT molecular complexity index is 432. The largest absolute Gasteiger partial charge is 0.355 e. The number of rotatable bonds is 6. The number of alkyl halides is 1. The van der Waals surface area contributed by atoms with Crippen LogP contribution in [0.2, 0.25) is 0 Å². The van der Waals surface area contributed by atoms with Crippen molar-refractivity contribution in [1.29, 1.82) is 0 Å². The molecular weight excluding hydrogens is 308 g/mol. The predicted octanol–water partition coefficient (Wildman–Crippen LogP) is 2.61. The summed E-state index contributed by atoms with van der Waals surface area (Å²) in [5.74, 6) is -0.183. The Morgan fingerprint density at radius 1 is 1.26 bits per heavy atom. The van der Waals surface area contributed by atoms with E-state index in [0.29, 0.717) is 6.54 Å². The molecule has 19 heavy (non-hydrogen) atoms. The molecule has 1 atom stereocenters. The van der Waals surface area contributed by atoms with Crippen molar-refractivity contribution < 1.29 is 9.59 Å². The fraction of sp³-hybridized carbons (Fsp3) is 0.429. The summed E-state index contributed by atoms with van der Waals surface area (Å²) in [4.78, 5) is 22.9. The second-order valence-electron chi connectivity index (χ2n) is 4.33. The van der Waals surface area contributed by atoms with Crippen LogP contribution in [0.4, 0.5) is 5.69 Å². The number of hydrogen-bond acceptors (Lipinski definition) is 2. The summed E-state index contributed by atoms with van der Waals surface area (Å²) < 4.78 is 0. The van der Waals surface area contributed by atoms with Crippen LogP contribution in [-0.4, -0.2) is 23.2 Å². The molecule has 0 aliphatic heterocycles. The molecule has 0 heterocycles. The minimum atomic E-state index is -0.187. The molecule has 0 unspecified atom stereocenters. The normalized spacial score (nSPS) is 11.7. The zero-order valence-corrected chi connectivity index (χ0v) is 12.8. The van der Waals surface area contributed by atoms with Crippen LogP contribution in [0, 0.1) is 6.92 Å². The van der Waals surface area contributed by atoms with Crippen LogP contribution in [0.3, 0.4) is 0 Å². The maximum Gasteiger partial charge on any atom is 0.233 e. The summed E-state index contributed by atoms with van der Waals surface area (Å²) in [6.07, 6.45) is 0.991. The van der Waals surface area contributed by atoms with E-state index >= 15 is 0 Å². The fourth-order valence-corrected chi connectivity index (χ4v) is 1.62.